The lowest BCUT2D eigenvalue weighted by molar-refractivity contribution is 0.314. The van der Waals surface area contributed by atoms with Gasteiger partial charge in [0.1, 0.15) is 5.82 Å². The average molecular weight is 355 g/mol. The van der Waals surface area contributed by atoms with Crippen LogP contribution in [0.2, 0.25) is 0 Å². The monoisotopic (exact) mass is 355 g/mol. The van der Waals surface area contributed by atoms with Crippen molar-refractivity contribution >= 4 is 28.7 Å². The molecule has 0 unspecified atom stereocenters. The summed E-state index contributed by atoms with van der Waals surface area (Å²) in [5.74, 6) is 2.51. The number of hydrogen-bond donors (Lipinski definition) is 0. The van der Waals surface area contributed by atoms with Crippen molar-refractivity contribution in [3.8, 4) is 0 Å². The second-order valence-electron chi connectivity index (χ2n) is 6.57. The lowest BCUT2D eigenvalue weighted by atomic mass is 10.2. The van der Waals surface area contributed by atoms with E-state index in [9.17, 15) is 0 Å². The van der Waals surface area contributed by atoms with Crippen LogP contribution in [0.15, 0.2) is 10.8 Å². The molecule has 4 heterocycles. The topological polar surface area (TPSA) is 100 Å². The number of nitrogens with zero attached hydrogens (tertiary/aromatic N) is 9. The van der Waals surface area contributed by atoms with Crippen molar-refractivity contribution in [3.63, 3.8) is 0 Å². The molecule has 10 nitrogen and oxygen atoms in total. The Kier molecular flexibility index (Phi) is 4.02. The van der Waals surface area contributed by atoms with Crippen molar-refractivity contribution in [2.24, 2.45) is 0 Å². The van der Waals surface area contributed by atoms with Gasteiger partial charge in [0.15, 0.2) is 11.6 Å². The predicted octanol–water partition coefficient (Wildman–Crippen LogP) is 0.812. The van der Waals surface area contributed by atoms with Gasteiger partial charge < -0.3 is 14.7 Å². The van der Waals surface area contributed by atoms with E-state index in [1.165, 1.54) is 0 Å². The van der Waals surface area contributed by atoms with E-state index in [0.717, 1.165) is 55.0 Å². The molecule has 1 fully saturated rings. The van der Waals surface area contributed by atoms with Crippen LogP contribution in [-0.2, 0) is 0 Å². The van der Waals surface area contributed by atoms with Crippen LogP contribution in [0.5, 0.6) is 0 Å². The van der Waals surface area contributed by atoms with Crippen LogP contribution in [0.4, 0.5) is 17.5 Å². The number of hydrogen-bond acceptors (Lipinski definition) is 10. The van der Waals surface area contributed by atoms with Crippen LogP contribution in [0.25, 0.3) is 11.3 Å². The molecule has 0 aromatic carbocycles. The molecular weight excluding hydrogens is 334 g/mol. The van der Waals surface area contributed by atoms with E-state index in [2.05, 4.69) is 40.0 Å². The summed E-state index contributed by atoms with van der Waals surface area (Å²) in [5, 5.41) is 7.61. The summed E-state index contributed by atoms with van der Waals surface area (Å²) in [6.45, 7) is 7.25. The fourth-order valence-corrected chi connectivity index (χ4v) is 3.09. The van der Waals surface area contributed by atoms with Gasteiger partial charge in [0.05, 0.1) is 11.4 Å². The Morgan fingerprint density at radius 2 is 1.50 bits per heavy atom. The first kappa shape index (κ1) is 16.4. The molecule has 0 amide bonds. The molecule has 10 heteroatoms. The molecule has 1 saturated heterocycles. The maximum absolute atomic E-state index is 4.76. The Bertz CT molecular complexity index is 931. The number of aromatic nitrogens is 6. The van der Waals surface area contributed by atoms with E-state index >= 15 is 0 Å². The highest BCUT2D eigenvalue weighted by molar-refractivity contribution is 5.74. The fraction of sp³-hybridized carbons (Fsp3) is 0.500. The zero-order valence-corrected chi connectivity index (χ0v) is 15.3. The van der Waals surface area contributed by atoms with Gasteiger partial charge in [0.25, 0.3) is 0 Å². The fourth-order valence-electron chi connectivity index (χ4n) is 3.09. The smallest absolute Gasteiger partial charge is 0.245 e. The highest BCUT2D eigenvalue weighted by Crippen LogP contribution is 2.27. The molecule has 0 radical (unpaired) electrons. The van der Waals surface area contributed by atoms with Gasteiger partial charge in [-0.15, -0.1) is 0 Å². The van der Waals surface area contributed by atoms with E-state index in [1.807, 2.05) is 32.8 Å². The second-order valence-corrected chi connectivity index (χ2v) is 6.57. The molecule has 3 aromatic heterocycles. The SMILES string of the molecule is Cc1cnc(C)c(N2CCN(c3nc4nonc4nc3N(C)C)CC2)n1. The van der Waals surface area contributed by atoms with Crippen LogP contribution < -0.4 is 14.7 Å². The third kappa shape index (κ3) is 2.87. The summed E-state index contributed by atoms with van der Waals surface area (Å²) < 4.78 is 4.76. The molecule has 0 bridgehead atoms. The van der Waals surface area contributed by atoms with Gasteiger partial charge in [-0.05, 0) is 24.2 Å². The quantitative estimate of drug-likeness (QED) is 0.671. The summed E-state index contributed by atoms with van der Waals surface area (Å²) >= 11 is 0. The number of aryl methyl sites for hydroxylation is 2. The first-order chi connectivity index (χ1) is 12.5. The van der Waals surface area contributed by atoms with Crippen molar-refractivity contribution in [3.05, 3.63) is 17.6 Å². The summed E-state index contributed by atoms with van der Waals surface area (Å²) in [7, 11) is 3.88. The summed E-state index contributed by atoms with van der Waals surface area (Å²) in [6.07, 6.45) is 1.80. The minimum absolute atomic E-state index is 0.418. The van der Waals surface area contributed by atoms with Gasteiger partial charge >= 0.3 is 0 Å². The molecular formula is C16H21N9O. The first-order valence-corrected chi connectivity index (χ1v) is 8.50. The van der Waals surface area contributed by atoms with Crippen LogP contribution in [0.3, 0.4) is 0 Å². The number of fused-ring (bicyclic) bond motifs is 1. The van der Waals surface area contributed by atoms with Crippen molar-refractivity contribution < 1.29 is 4.63 Å². The van der Waals surface area contributed by atoms with Crippen LogP contribution in [0, 0.1) is 13.8 Å². The second kappa shape index (κ2) is 6.36. The molecule has 0 atom stereocenters. The van der Waals surface area contributed by atoms with E-state index in [-0.39, 0.29) is 0 Å². The Hall–Kier alpha value is -3.04. The molecule has 1 aliphatic rings. The van der Waals surface area contributed by atoms with Gasteiger partial charge in [-0.25, -0.2) is 19.6 Å². The van der Waals surface area contributed by atoms with E-state index in [4.69, 9.17) is 4.63 Å². The maximum atomic E-state index is 4.76. The number of piperazine rings is 1. The molecule has 0 spiro atoms. The number of anilines is 3. The van der Waals surface area contributed by atoms with Gasteiger partial charge in [-0.3, -0.25) is 4.98 Å². The first-order valence-electron chi connectivity index (χ1n) is 8.50. The molecule has 1 aliphatic heterocycles. The summed E-state index contributed by atoms with van der Waals surface area (Å²) in [6, 6.07) is 0. The van der Waals surface area contributed by atoms with Crippen molar-refractivity contribution in [2.45, 2.75) is 13.8 Å². The predicted molar refractivity (Wildman–Crippen MR) is 97.7 cm³/mol. The Morgan fingerprint density at radius 1 is 0.885 bits per heavy atom. The van der Waals surface area contributed by atoms with E-state index < -0.39 is 0 Å². The molecule has 0 saturated carbocycles. The van der Waals surface area contributed by atoms with Crippen molar-refractivity contribution in [1.29, 1.82) is 0 Å². The standard InChI is InChI=1S/C16H21N9O/c1-10-9-17-11(2)14(18-10)24-5-7-25(8-6-24)16-15(23(3)4)19-12-13(20-16)22-26-21-12/h9H,5-8H2,1-4H3. The van der Waals surface area contributed by atoms with Gasteiger partial charge in [-0.2, -0.15) is 0 Å². The minimum Gasteiger partial charge on any atom is -0.360 e. The van der Waals surface area contributed by atoms with E-state index in [0.29, 0.717) is 11.3 Å². The summed E-state index contributed by atoms with van der Waals surface area (Å²) in [5.41, 5.74) is 2.72. The highest BCUT2D eigenvalue weighted by Gasteiger charge is 2.25. The largest absolute Gasteiger partial charge is 0.360 e. The third-order valence-electron chi connectivity index (χ3n) is 4.43. The summed E-state index contributed by atoms with van der Waals surface area (Å²) in [4.78, 5) is 24.6. The molecule has 26 heavy (non-hydrogen) atoms. The molecule has 0 N–H and O–H groups in total. The van der Waals surface area contributed by atoms with Gasteiger partial charge in [0, 0.05) is 46.5 Å². The molecule has 3 aromatic rings. The zero-order valence-electron chi connectivity index (χ0n) is 15.3. The maximum Gasteiger partial charge on any atom is 0.245 e. The van der Waals surface area contributed by atoms with Crippen LogP contribution >= 0.6 is 0 Å². The van der Waals surface area contributed by atoms with Gasteiger partial charge in [-0.1, -0.05) is 0 Å². The van der Waals surface area contributed by atoms with Crippen LogP contribution in [-0.4, -0.2) is 70.5 Å². The zero-order chi connectivity index (χ0) is 18.3. The Balaban J connectivity index is 1.59. The molecule has 4 rings (SSSR count). The molecule has 0 aliphatic carbocycles. The normalized spacial score (nSPS) is 14.9. The van der Waals surface area contributed by atoms with Gasteiger partial charge in [0.2, 0.25) is 11.3 Å². The lowest BCUT2D eigenvalue weighted by Crippen LogP contribution is -2.47. The lowest BCUT2D eigenvalue weighted by Gasteiger charge is -2.37. The Labute approximate surface area is 150 Å². The Morgan fingerprint density at radius 3 is 2.15 bits per heavy atom. The van der Waals surface area contributed by atoms with Crippen LogP contribution in [0.1, 0.15) is 11.4 Å². The highest BCUT2D eigenvalue weighted by atomic mass is 16.6. The van der Waals surface area contributed by atoms with E-state index in [1.54, 1.807) is 6.20 Å². The number of rotatable bonds is 3. The van der Waals surface area contributed by atoms with Crippen molar-refractivity contribution in [2.75, 3.05) is 55.0 Å². The third-order valence-corrected chi connectivity index (χ3v) is 4.43. The average Bonchev–Trinajstić information content (AvgIpc) is 3.10. The van der Waals surface area contributed by atoms with Crippen molar-refractivity contribution in [1.82, 2.24) is 30.2 Å². The molecule has 136 valence electrons. The minimum atomic E-state index is 0.418.